The Morgan fingerprint density at radius 3 is 2.93 bits per heavy atom. The molecule has 1 heterocycles. The second kappa shape index (κ2) is 6.96. The number of nitrogens with zero attached hydrogens (tertiary/aromatic N) is 4. The number of hydrogen-bond donors (Lipinski definition) is 1. The molecule has 0 radical (unpaired) electrons. The zero-order valence-corrected chi connectivity index (χ0v) is 15.0. The first kappa shape index (κ1) is 17.4. The first-order chi connectivity index (χ1) is 13.1. The molecular weight excluding hydrogens is 373 g/mol. The van der Waals surface area contributed by atoms with E-state index in [1.54, 1.807) is 12.1 Å². The summed E-state index contributed by atoms with van der Waals surface area (Å²) in [6, 6.07) is 9.49. The highest BCUT2D eigenvalue weighted by atomic mass is 35.5. The average molecular weight is 388 g/mol. The Bertz CT molecular complexity index is 995. The van der Waals surface area contributed by atoms with Gasteiger partial charge in [-0.25, -0.2) is 4.39 Å². The van der Waals surface area contributed by atoms with Crippen LogP contribution in [-0.4, -0.2) is 39.3 Å². The first-order valence-corrected chi connectivity index (χ1v) is 8.62. The molecule has 0 aliphatic heterocycles. The van der Waals surface area contributed by atoms with Crippen molar-refractivity contribution in [2.24, 2.45) is 0 Å². The average Bonchev–Trinajstić information content (AvgIpc) is 3.21. The van der Waals surface area contributed by atoms with Crippen molar-refractivity contribution < 1.29 is 13.9 Å². The smallest absolute Gasteiger partial charge is 0.255 e. The molecule has 0 saturated heterocycles. The van der Waals surface area contributed by atoms with Crippen molar-refractivity contribution in [3.8, 4) is 11.4 Å². The molecule has 138 valence electrons. The Hall–Kier alpha value is -3.00. The fraction of sp³-hybridized carbons (Fsp3) is 0.222. The molecule has 9 heteroatoms. The predicted molar refractivity (Wildman–Crippen MR) is 95.7 cm³/mol. The third-order valence-electron chi connectivity index (χ3n) is 4.49. The quantitative estimate of drug-likeness (QED) is 0.728. The van der Waals surface area contributed by atoms with Crippen LogP contribution in [0.25, 0.3) is 5.69 Å². The predicted octanol–water partition coefficient (Wildman–Crippen LogP) is 2.75. The number of tetrazole rings is 1. The number of carbonyl (C=O) groups is 1. The van der Waals surface area contributed by atoms with Gasteiger partial charge in [-0.1, -0.05) is 23.7 Å². The van der Waals surface area contributed by atoms with Gasteiger partial charge in [0.2, 0.25) is 0 Å². The summed E-state index contributed by atoms with van der Waals surface area (Å²) in [7, 11) is 1.47. The Balaban J connectivity index is 1.53. The van der Waals surface area contributed by atoms with Crippen LogP contribution in [0.4, 0.5) is 4.39 Å². The maximum Gasteiger partial charge on any atom is 0.255 e. The number of rotatable bonds is 5. The minimum Gasteiger partial charge on any atom is -0.496 e. The van der Waals surface area contributed by atoms with E-state index < -0.39 is 0 Å². The highest BCUT2D eigenvalue weighted by Crippen LogP contribution is 2.41. The summed E-state index contributed by atoms with van der Waals surface area (Å²) in [5, 5.41) is 14.2. The molecule has 0 spiro atoms. The third-order valence-corrected chi connectivity index (χ3v) is 4.80. The zero-order chi connectivity index (χ0) is 19.0. The summed E-state index contributed by atoms with van der Waals surface area (Å²) in [6.45, 7) is 0. The Labute approximate surface area is 159 Å². The summed E-state index contributed by atoms with van der Waals surface area (Å²) < 4.78 is 20.1. The van der Waals surface area contributed by atoms with Gasteiger partial charge in [0, 0.05) is 18.0 Å². The number of hydrogen-bond acceptors (Lipinski definition) is 5. The molecule has 2 aromatic carbocycles. The van der Waals surface area contributed by atoms with Gasteiger partial charge < -0.3 is 10.1 Å². The topological polar surface area (TPSA) is 81.9 Å². The minimum absolute atomic E-state index is 0.0537. The normalized spacial score (nSPS) is 18.2. The molecule has 1 fully saturated rings. The van der Waals surface area contributed by atoms with E-state index in [0.29, 0.717) is 22.0 Å². The van der Waals surface area contributed by atoms with Gasteiger partial charge in [0.1, 0.15) is 17.9 Å². The van der Waals surface area contributed by atoms with E-state index in [1.807, 2.05) is 6.07 Å². The second-order valence-electron chi connectivity index (χ2n) is 6.24. The van der Waals surface area contributed by atoms with Gasteiger partial charge in [-0.2, -0.15) is 4.68 Å². The lowest BCUT2D eigenvalue weighted by Crippen LogP contribution is -2.27. The van der Waals surface area contributed by atoms with Gasteiger partial charge in [-0.3, -0.25) is 4.79 Å². The van der Waals surface area contributed by atoms with Crippen LogP contribution < -0.4 is 10.1 Å². The van der Waals surface area contributed by atoms with Gasteiger partial charge in [0.05, 0.1) is 23.4 Å². The Kier molecular flexibility index (Phi) is 4.49. The molecule has 1 amide bonds. The molecule has 27 heavy (non-hydrogen) atoms. The SMILES string of the molecule is COc1cc(-n2cnnn2)c(Cl)cc1C(=O)N[C@H]1C[C@@H]1c1cccc(F)c1. The third kappa shape index (κ3) is 3.48. The van der Waals surface area contributed by atoms with Crippen LogP contribution in [0.3, 0.4) is 0 Å². The number of nitrogens with one attached hydrogen (secondary N) is 1. The van der Waals surface area contributed by atoms with Crippen molar-refractivity contribution >= 4 is 17.5 Å². The summed E-state index contributed by atoms with van der Waals surface area (Å²) in [4.78, 5) is 12.7. The van der Waals surface area contributed by atoms with Gasteiger partial charge in [-0.15, -0.1) is 5.10 Å². The van der Waals surface area contributed by atoms with E-state index >= 15 is 0 Å². The lowest BCUT2D eigenvalue weighted by molar-refractivity contribution is 0.0947. The summed E-state index contributed by atoms with van der Waals surface area (Å²) in [5.74, 6) is -0.131. The number of ether oxygens (including phenoxy) is 1. The summed E-state index contributed by atoms with van der Waals surface area (Å²) in [5.41, 5.74) is 1.68. The van der Waals surface area contributed by atoms with Gasteiger partial charge >= 0.3 is 0 Å². The van der Waals surface area contributed by atoms with Crippen LogP contribution in [0.15, 0.2) is 42.7 Å². The molecule has 1 aliphatic rings. The lowest BCUT2D eigenvalue weighted by Gasteiger charge is -2.12. The van der Waals surface area contributed by atoms with Crippen molar-refractivity contribution in [1.29, 1.82) is 0 Å². The van der Waals surface area contributed by atoms with Crippen molar-refractivity contribution in [2.45, 2.75) is 18.4 Å². The molecule has 1 aromatic heterocycles. The molecule has 1 aliphatic carbocycles. The molecule has 1 saturated carbocycles. The number of carbonyl (C=O) groups excluding carboxylic acids is 1. The maximum atomic E-state index is 13.4. The minimum atomic E-state index is -0.305. The number of halogens is 2. The molecule has 4 rings (SSSR count). The van der Waals surface area contributed by atoms with Crippen LogP contribution in [0.1, 0.15) is 28.3 Å². The summed E-state index contributed by atoms with van der Waals surface area (Å²) >= 11 is 6.29. The van der Waals surface area contributed by atoms with Crippen molar-refractivity contribution in [3.63, 3.8) is 0 Å². The van der Waals surface area contributed by atoms with E-state index in [4.69, 9.17) is 16.3 Å². The van der Waals surface area contributed by atoms with E-state index in [-0.39, 0.29) is 23.7 Å². The van der Waals surface area contributed by atoms with E-state index in [1.165, 1.54) is 36.3 Å². The monoisotopic (exact) mass is 387 g/mol. The molecule has 3 aromatic rings. The molecule has 0 unspecified atom stereocenters. The van der Waals surface area contributed by atoms with Crippen LogP contribution in [0.2, 0.25) is 5.02 Å². The highest BCUT2D eigenvalue weighted by Gasteiger charge is 2.40. The first-order valence-electron chi connectivity index (χ1n) is 8.24. The number of aromatic nitrogens is 4. The van der Waals surface area contributed by atoms with Crippen LogP contribution in [0, 0.1) is 5.82 Å². The maximum absolute atomic E-state index is 13.4. The second-order valence-corrected chi connectivity index (χ2v) is 6.64. The molecule has 1 N–H and O–H groups in total. The number of methoxy groups -OCH3 is 1. The largest absolute Gasteiger partial charge is 0.496 e. The summed E-state index contributed by atoms with van der Waals surface area (Å²) in [6.07, 6.45) is 2.15. The van der Waals surface area contributed by atoms with Gasteiger partial charge in [0.25, 0.3) is 5.91 Å². The molecule has 2 atom stereocenters. The molecular formula is C18H15ClFN5O2. The van der Waals surface area contributed by atoms with Crippen molar-refractivity contribution in [1.82, 2.24) is 25.5 Å². The Morgan fingerprint density at radius 2 is 2.22 bits per heavy atom. The highest BCUT2D eigenvalue weighted by molar-refractivity contribution is 6.33. The standard InChI is InChI=1S/C18H15ClFN5O2/c1-27-17-8-16(25-9-21-23-24-25)14(19)6-13(17)18(26)22-15-7-12(15)10-3-2-4-11(20)5-10/h2-6,8-9,12,15H,7H2,1H3,(H,22,26)/t12-,15+/m1/s1. The van der Waals surface area contributed by atoms with E-state index in [0.717, 1.165) is 12.0 Å². The fourth-order valence-corrected chi connectivity index (χ4v) is 3.29. The molecule has 0 bridgehead atoms. The fourth-order valence-electron chi connectivity index (χ4n) is 3.04. The zero-order valence-electron chi connectivity index (χ0n) is 14.3. The van der Waals surface area contributed by atoms with Gasteiger partial charge in [-0.05, 0) is 40.6 Å². The van der Waals surface area contributed by atoms with Crippen LogP contribution in [-0.2, 0) is 0 Å². The van der Waals surface area contributed by atoms with Gasteiger partial charge in [0.15, 0.2) is 0 Å². The van der Waals surface area contributed by atoms with Crippen molar-refractivity contribution in [2.75, 3.05) is 7.11 Å². The Morgan fingerprint density at radius 1 is 1.37 bits per heavy atom. The lowest BCUT2D eigenvalue weighted by atomic mass is 10.1. The van der Waals surface area contributed by atoms with Crippen molar-refractivity contribution in [3.05, 3.63) is 64.7 Å². The van der Waals surface area contributed by atoms with Crippen LogP contribution in [0.5, 0.6) is 5.75 Å². The van der Waals surface area contributed by atoms with E-state index in [9.17, 15) is 9.18 Å². The number of benzene rings is 2. The molecule has 7 nitrogen and oxygen atoms in total. The number of amides is 1. The van der Waals surface area contributed by atoms with E-state index in [2.05, 4.69) is 20.8 Å². The van der Waals surface area contributed by atoms with Crippen LogP contribution >= 0.6 is 11.6 Å².